The first-order valence-corrected chi connectivity index (χ1v) is 12.4. The van der Waals surface area contributed by atoms with E-state index >= 15 is 0 Å². The van der Waals surface area contributed by atoms with Crippen LogP contribution in [0.15, 0.2) is 79.1 Å². The predicted molar refractivity (Wildman–Crippen MR) is 143 cm³/mol. The van der Waals surface area contributed by atoms with Gasteiger partial charge in [-0.2, -0.15) is 4.37 Å². The van der Waals surface area contributed by atoms with Crippen molar-refractivity contribution in [3.05, 3.63) is 106 Å². The van der Waals surface area contributed by atoms with Crippen LogP contribution in [0.25, 0.3) is 0 Å². The van der Waals surface area contributed by atoms with Gasteiger partial charge in [0.25, 0.3) is 11.8 Å². The number of pyridine rings is 1. The van der Waals surface area contributed by atoms with Crippen LogP contribution in [-0.4, -0.2) is 27.1 Å². The molecule has 2 heterocycles. The van der Waals surface area contributed by atoms with Crippen molar-refractivity contribution >= 4 is 40.6 Å². The van der Waals surface area contributed by atoms with Gasteiger partial charge < -0.3 is 16.8 Å². The smallest absolute Gasteiger partial charge is 0.273 e. The zero-order chi connectivity index (χ0) is 26.4. The molecule has 4 rings (SSSR count). The summed E-state index contributed by atoms with van der Waals surface area (Å²) in [7, 11) is 0. The third-order valence-corrected chi connectivity index (χ3v) is 6.69. The third-order valence-electron chi connectivity index (χ3n) is 5.84. The van der Waals surface area contributed by atoms with E-state index in [9.17, 15) is 14.4 Å². The van der Waals surface area contributed by atoms with Crippen LogP contribution in [0, 0.1) is 0 Å². The topological polar surface area (TPSA) is 144 Å². The Balaban J connectivity index is 1.81. The Kier molecular flexibility index (Phi) is 7.89. The number of carbonyl (C=O) groups excluding carboxylic acids is 3. The predicted octanol–water partition coefficient (Wildman–Crippen LogP) is 3.49. The number of nitrogens with two attached hydrogens (primary N) is 2. The number of aromatic nitrogens is 2. The summed E-state index contributed by atoms with van der Waals surface area (Å²) in [4.78, 5) is 44.9. The molecule has 2 aromatic heterocycles. The van der Waals surface area contributed by atoms with Gasteiger partial charge in [-0.15, -0.1) is 0 Å². The molecule has 0 saturated heterocycles. The van der Waals surface area contributed by atoms with Crippen LogP contribution in [0.1, 0.15) is 49.8 Å². The van der Waals surface area contributed by atoms with Crippen LogP contribution >= 0.6 is 11.5 Å². The normalized spacial score (nSPS) is 11.5. The van der Waals surface area contributed by atoms with Crippen LogP contribution in [0.3, 0.4) is 0 Å². The van der Waals surface area contributed by atoms with E-state index in [0.717, 1.165) is 29.1 Å². The summed E-state index contributed by atoms with van der Waals surface area (Å²) in [5.74, 6) is -1.82. The van der Waals surface area contributed by atoms with E-state index in [2.05, 4.69) is 14.7 Å². The lowest BCUT2D eigenvalue weighted by Gasteiger charge is -2.31. The Labute approximate surface area is 218 Å². The minimum Gasteiger partial charge on any atom is -0.395 e. The fourth-order valence-corrected chi connectivity index (χ4v) is 4.60. The van der Waals surface area contributed by atoms with Crippen LogP contribution in [0.4, 0.5) is 11.4 Å². The molecule has 37 heavy (non-hydrogen) atoms. The number of nitrogens with one attached hydrogen (secondary N) is 1. The van der Waals surface area contributed by atoms with Gasteiger partial charge in [0, 0.05) is 24.6 Å². The number of rotatable bonds is 9. The Morgan fingerprint density at radius 2 is 1.65 bits per heavy atom. The SMILES string of the molecule is CCc1ccc(N(C(=O)c2snc(C(N)=O)c2N)[C@@H](C(=O)NCc2ccccc2)c2ccncc2)cc1. The van der Waals surface area contributed by atoms with Gasteiger partial charge in [0.05, 0.1) is 5.69 Å². The number of nitrogens with zero attached hydrogens (tertiary/aromatic N) is 3. The van der Waals surface area contributed by atoms with Gasteiger partial charge in [-0.1, -0.05) is 49.4 Å². The second kappa shape index (κ2) is 11.4. The molecule has 0 aliphatic carbocycles. The number of amides is 3. The van der Waals surface area contributed by atoms with Crippen molar-refractivity contribution < 1.29 is 14.4 Å². The largest absolute Gasteiger partial charge is 0.395 e. The number of primary amides is 1. The van der Waals surface area contributed by atoms with Crippen molar-refractivity contribution in [2.24, 2.45) is 5.73 Å². The highest BCUT2D eigenvalue weighted by atomic mass is 32.1. The van der Waals surface area contributed by atoms with E-state index < -0.39 is 23.8 Å². The first-order valence-electron chi connectivity index (χ1n) is 11.6. The standard InChI is InChI=1S/C27H26N6O3S/c1-2-17-8-10-20(11-9-17)33(27(36)24-21(28)22(25(29)34)32-37-24)23(19-12-14-30-15-13-19)26(35)31-16-18-6-4-3-5-7-18/h3-15,23H,2,16,28H2,1H3,(H2,29,34)(H,31,35)/t23-/m1/s1. The van der Waals surface area contributed by atoms with Crippen molar-refractivity contribution in [3.63, 3.8) is 0 Å². The number of hydrogen-bond acceptors (Lipinski definition) is 7. The molecule has 5 N–H and O–H groups in total. The molecule has 10 heteroatoms. The molecule has 0 unspecified atom stereocenters. The minimum absolute atomic E-state index is 0.0169. The van der Waals surface area contributed by atoms with E-state index in [1.54, 1.807) is 36.7 Å². The van der Waals surface area contributed by atoms with Crippen molar-refractivity contribution in [2.75, 3.05) is 10.6 Å². The van der Waals surface area contributed by atoms with Gasteiger partial charge in [0.2, 0.25) is 5.91 Å². The fourth-order valence-electron chi connectivity index (χ4n) is 3.86. The van der Waals surface area contributed by atoms with E-state index in [-0.39, 0.29) is 22.8 Å². The molecule has 0 bridgehead atoms. The van der Waals surface area contributed by atoms with E-state index in [1.165, 1.54) is 4.90 Å². The number of anilines is 2. The summed E-state index contributed by atoms with van der Waals surface area (Å²) in [6.07, 6.45) is 3.92. The minimum atomic E-state index is -1.06. The first kappa shape index (κ1) is 25.5. The molecule has 0 fully saturated rings. The molecule has 0 spiro atoms. The molecule has 0 aliphatic rings. The fraction of sp³-hybridized carbons (Fsp3) is 0.148. The lowest BCUT2D eigenvalue weighted by Crippen LogP contribution is -2.44. The average molecular weight is 515 g/mol. The van der Waals surface area contributed by atoms with Gasteiger partial charge in [0.1, 0.15) is 10.9 Å². The summed E-state index contributed by atoms with van der Waals surface area (Å²) >= 11 is 0.767. The van der Waals surface area contributed by atoms with Gasteiger partial charge in [-0.05, 0) is 58.9 Å². The van der Waals surface area contributed by atoms with Gasteiger partial charge >= 0.3 is 0 Å². The quantitative estimate of drug-likeness (QED) is 0.312. The molecular weight excluding hydrogens is 488 g/mol. The van der Waals surface area contributed by atoms with E-state index in [0.29, 0.717) is 11.3 Å². The average Bonchev–Trinajstić information content (AvgIpc) is 3.32. The molecule has 2 aromatic carbocycles. The summed E-state index contributed by atoms with van der Waals surface area (Å²) in [6.45, 7) is 2.30. The highest BCUT2D eigenvalue weighted by molar-refractivity contribution is 7.09. The highest BCUT2D eigenvalue weighted by Gasteiger charge is 2.36. The van der Waals surface area contributed by atoms with Crippen LogP contribution < -0.4 is 21.7 Å². The Morgan fingerprint density at radius 3 is 2.24 bits per heavy atom. The third kappa shape index (κ3) is 5.65. The lowest BCUT2D eigenvalue weighted by molar-refractivity contribution is -0.122. The maximum absolute atomic E-state index is 14.0. The maximum atomic E-state index is 14.0. The van der Waals surface area contributed by atoms with Crippen molar-refractivity contribution in [1.82, 2.24) is 14.7 Å². The number of carbonyl (C=O) groups is 3. The summed E-state index contributed by atoms with van der Waals surface area (Å²) in [5, 5.41) is 2.94. The Hall–Kier alpha value is -4.57. The number of nitrogen functional groups attached to an aromatic ring is 1. The summed E-state index contributed by atoms with van der Waals surface area (Å²) in [5.41, 5.74) is 14.2. The molecule has 0 radical (unpaired) electrons. The number of aryl methyl sites for hydroxylation is 1. The lowest BCUT2D eigenvalue weighted by atomic mass is 10.0. The van der Waals surface area contributed by atoms with E-state index in [4.69, 9.17) is 11.5 Å². The van der Waals surface area contributed by atoms with Crippen molar-refractivity contribution in [1.29, 1.82) is 0 Å². The number of hydrogen-bond donors (Lipinski definition) is 3. The monoisotopic (exact) mass is 514 g/mol. The summed E-state index contributed by atoms with van der Waals surface area (Å²) < 4.78 is 3.98. The first-order chi connectivity index (χ1) is 17.9. The zero-order valence-electron chi connectivity index (χ0n) is 20.1. The zero-order valence-corrected chi connectivity index (χ0v) is 20.9. The van der Waals surface area contributed by atoms with E-state index in [1.807, 2.05) is 49.4 Å². The van der Waals surface area contributed by atoms with Crippen molar-refractivity contribution in [3.8, 4) is 0 Å². The van der Waals surface area contributed by atoms with Gasteiger partial charge in [-0.3, -0.25) is 24.3 Å². The van der Waals surface area contributed by atoms with Crippen LogP contribution in [0.5, 0.6) is 0 Å². The number of benzene rings is 2. The summed E-state index contributed by atoms with van der Waals surface area (Å²) in [6, 6.07) is 19.1. The van der Waals surface area contributed by atoms with Crippen LogP contribution in [-0.2, 0) is 17.8 Å². The molecule has 0 aliphatic heterocycles. The van der Waals surface area contributed by atoms with Crippen LogP contribution in [0.2, 0.25) is 0 Å². The van der Waals surface area contributed by atoms with Crippen molar-refractivity contribution in [2.45, 2.75) is 25.9 Å². The molecular formula is C27H26N6O3S. The van der Waals surface area contributed by atoms with Gasteiger partial charge in [-0.25, -0.2) is 0 Å². The Morgan fingerprint density at radius 1 is 0.973 bits per heavy atom. The molecule has 1 atom stereocenters. The molecule has 3 amide bonds. The maximum Gasteiger partial charge on any atom is 0.273 e. The molecule has 188 valence electrons. The second-order valence-corrected chi connectivity index (χ2v) is 8.99. The molecule has 9 nitrogen and oxygen atoms in total. The Bertz CT molecular complexity index is 1390. The molecule has 4 aromatic rings. The van der Waals surface area contributed by atoms with Gasteiger partial charge in [0.15, 0.2) is 5.69 Å². The highest BCUT2D eigenvalue weighted by Crippen LogP contribution is 2.33. The second-order valence-electron chi connectivity index (χ2n) is 8.22. The molecule has 0 saturated carbocycles.